The molecule has 0 aliphatic carbocycles. The highest BCUT2D eigenvalue weighted by Crippen LogP contribution is 1.60. The fourth-order valence-electron chi connectivity index (χ4n) is 0.374. The van der Waals surface area contributed by atoms with E-state index >= 15 is 0 Å². The van der Waals surface area contributed by atoms with Gasteiger partial charge in [-0.1, -0.05) is 5.10 Å². The summed E-state index contributed by atoms with van der Waals surface area (Å²) in [5.74, 6) is 0. The number of aromatic nitrogens is 2. The summed E-state index contributed by atoms with van der Waals surface area (Å²) in [6.45, 7) is 0. The molecular weight excluding hydrogens is 104 g/mol. The third-order valence-corrected chi connectivity index (χ3v) is 0.702. The molecule has 0 aliphatic rings. The van der Waals surface area contributed by atoms with Crippen molar-refractivity contribution in [2.24, 2.45) is 0 Å². The first-order valence-electron chi connectivity index (χ1n) is 2.11. The molecule has 1 N–H and O–H groups in total. The van der Waals surface area contributed by atoms with E-state index in [4.69, 9.17) is 5.53 Å². The number of nitrogens with zero attached hydrogens (tertiary/aromatic N) is 3. The highest BCUT2D eigenvalue weighted by Gasteiger charge is 1.78. The van der Waals surface area contributed by atoms with Gasteiger partial charge in [0, 0.05) is 6.07 Å². The first kappa shape index (κ1) is 4.74. The summed E-state index contributed by atoms with van der Waals surface area (Å²) in [5, 5.41) is 6.03. The van der Waals surface area contributed by atoms with E-state index in [9.17, 15) is 0 Å². The standard InChI is InChI=1S/C4H4N4/c5-7-4-2-1-3-6-8-4/h1-3,8H. The first-order chi connectivity index (χ1) is 3.93. The zero-order valence-electron chi connectivity index (χ0n) is 4.07. The minimum absolute atomic E-state index is 0.354. The Kier molecular flexibility index (Phi) is 1.21. The van der Waals surface area contributed by atoms with Gasteiger partial charge in [0.05, 0.1) is 6.20 Å². The van der Waals surface area contributed by atoms with Crippen molar-refractivity contribution in [3.8, 4) is 0 Å². The molecule has 1 heterocycles. The van der Waals surface area contributed by atoms with Gasteiger partial charge in [0.15, 0.2) is 0 Å². The molecule has 4 heteroatoms. The van der Waals surface area contributed by atoms with Crippen LogP contribution in [0, 0.1) is 0 Å². The number of H-pyrrole nitrogens is 1. The Morgan fingerprint density at radius 3 is 3.00 bits per heavy atom. The Balaban J connectivity index is 3.41. The number of rotatable bonds is 0. The lowest BCUT2D eigenvalue weighted by molar-refractivity contribution is -0.0732. The normalized spacial score (nSPS) is 8.00. The van der Waals surface area contributed by atoms with Crippen molar-refractivity contribution in [1.29, 1.82) is 0 Å². The molecule has 1 rings (SSSR count). The Labute approximate surface area is 45.4 Å². The number of aromatic amines is 1. The fourth-order valence-corrected chi connectivity index (χ4v) is 0.374. The van der Waals surface area contributed by atoms with E-state index in [2.05, 4.69) is 15.0 Å². The van der Waals surface area contributed by atoms with Gasteiger partial charge < -0.3 is 10.3 Å². The molecule has 0 atom stereocenters. The van der Waals surface area contributed by atoms with Gasteiger partial charge in [-0.3, -0.25) is 0 Å². The molecule has 1 aromatic heterocycles. The molecule has 40 valence electrons. The molecule has 0 aromatic carbocycles. The number of hydrogen-bond acceptors (Lipinski definition) is 1. The summed E-state index contributed by atoms with van der Waals surface area (Å²) < 4.78 is 0. The lowest BCUT2D eigenvalue weighted by atomic mass is 10.6. The highest BCUT2D eigenvalue weighted by molar-refractivity contribution is 4.78. The van der Waals surface area contributed by atoms with E-state index in [1.165, 1.54) is 0 Å². The van der Waals surface area contributed by atoms with E-state index in [1.807, 2.05) is 0 Å². The molecule has 0 unspecified atom stereocenters. The van der Waals surface area contributed by atoms with E-state index in [0.29, 0.717) is 5.49 Å². The summed E-state index contributed by atoms with van der Waals surface area (Å²) in [6, 6.07) is 3.28. The number of nitrogens with one attached hydrogen (secondary N) is 1. The molecule has 8 heavy (non-hydrogen) atoms. The maximum absolute atomic E-state index is 8.09. The van der Waals surface area contributed by atoms with Gasteiger partial charge in [0.2, 0.25) is 0 Å². The van der Waals surface area contributed by atoms with Gasteiger partial charge in [0.1, 0.15) is 0 Å². The van der Waals surface area contributed by atoms with E-state index < -0.39 is 0 Å². The minimum Gasteiger partial charge on any atom is -0.497 e. The van der Waals surface area contributed by atoms with Crippen molar-refractivity contribution in [2.45, 2.75) is 0 Å². The molecule has 0 amide bonds. The van der Waals surface area contributed by atoms with Crippen LogP contribution in [0.3, 0.4) is 0 Å². The fraction of sp³-hybridized carbons (Fsp3) is 0. The quantitative estimate of drug-likeness (QED) is 0.354. The SMILES string of the molecule is [N-]=[N+]=c1cccn[nH]1. The third-order valence-electron chi connectivity index (χ3n) is 0.702. The van der Waals surface area contributed by atoms with Crippen molar-refractivity contribution >= 4 is 0 Å². The third kappa shape index (κ3) is 0.802. The summed E-state index contributed by atoms with van der Waals surface area (Å²) >= 11 is 0. The Hall–Kier alpha value is -1.41. The van der Waals surface area contributed by atoms with Crippen molar-refractivity contribution < 1.29 is 4.79 Å². The smallest absolute Gasteiger partial charge is 0.377 e. The van der Waals surface area contributed by atoms with Gasteiger partial charge in [-0.25, -0.2) is 0 Å². The number of hydrogen-bond donors (Lipinski definition) is 1. The summed E-state index contributed by atoms with van der Waals surface area (Å²) in [4.78, 5) is 2.85. The minimum atomic E-state index is 0.354. The molecule has 4 nitrogen and oxygen atoms in total. The molecule has 0 saturated carbocycles. The van der Waals surface area contributed by atoms with Crippen LogP contribution in [0.25, 0.3) is 5.53 Å². The predicted octanol–water partition coefficient (Wildman–Crippen LogP) is -0.460. The van der Waals surface area contributed by atoms with E-state index in [0.717, 1.165) is 0 Å². The largest absolute Gasteiger partial charge is 0.497 e. The molecule has 1 aromatic rings. The van der Waals surface area contributed by atoms with Crippen LogP contribution >= 0.6 is 0 Å². The van der Waals surface area contributed by atoms with Crippen LogP contribution in [-0.2, 0) is 0 Å². The van der Waals surface area contributed by atoms with Gasteiger partial charge in [0.25, 0.3) is 0 Å². The van der Waals surface area contributed by atoms with E-state index in [1.54, 1.807) is 18.3 Å². The lowest BCUT2D eigenvalue weighted by Crippen LogP contribution is -2.07. The molecular formula is C4H4N4. The van der Waals surface area contributed by atoms with Crippen molar-refractivity contribution in [3.63, 3.8) is 0 Å². The van der Waals surface area contributed by atoms with Crippen LogP contribution in [0.1, 0.15) is 0 Å². The van der Waals surface area contributed by atoms with Crippen LogP contribution < -0.4 is 5.49 Å². The summed E-state index contributed by atoms with van der Waals surface area (Å²) in [5.41, 5.74) is 8.45. The molecule has 0 aliphatic heterocycles. The average molecular weight is 108 g/mol. The average Bonchev–Trinajstić information content (AvgIpc) is 1.90. The van der Waals surface area contributed by atoms with Crippen LogP contribution in [0.4, 0.5) is 0 Å². The molecule has 0 radical (unpaired) electrons. The second-order valence-corrected chi connectivity index (χ2v) is 1.23. The summed E-state index contributed by atoms with van der Waals surface area (Å²) in [7, 11) is 0. The lowest BCUT2D eigenvalue weighted by Gasteiger charge is -1.69. The van der Waals surface area contributed by atoms with E-state index in [-0.39, 0.29) is 0 Å². The Morgan fingerprint density at radius 2 is 2.62 bits per heavy atom. The molecule has 0 saturated heterocycles. The van der Waals surface area contributed by atoms with Crippen LogP contribution in [0.5, 0.6) is 0 Å². The monoisotopic (exact) mass is 108 g/mol. The first-order valence-corrected chi connectivity index (χ1v) is 2.11. The molecule has 0 bridgehead atoms. The maximum Gasteiger partial charge on any atom is 0.377 e. The molecule has 0 spiro atoms. The zero-order valence-corrected chi connectivity index (χ0v) is 4.07. The zero-order chi connectivity index (χ0) is 5.82. The highest BCUT2D eigenvalue weighted by atomic mass is 15.1. The van der Waals surface area contributed by atoms with Crippen molar-refractivity contribution in [1.82, 2.24) is 10.2 Å². The van der Waals surface area contributed by atoms with Gasteiger partial charge >= 0.3 is 5.49 Å². The van der Waals surface area contributed by atoms with Crippen LogP contribution in [0.2, 0.25) is 0 Å². The van der Waals surface area contributed by atoms with Crippen molar-refractivity contribution in [2.75, 3.05) is 0 Å². The maximum atomic E-state index is 8.09. The Morgan fingerprint density at radius 1 is 1.75 bits per heavy atom. The van der Waals surface area contributed by atoms with Crippen molar-refractivity contribution in [3.05, 3.63) is 29.3 Å². The summed E-state index contributed by atoms with van der Waals surface area (Å²) in [6.07, 6.45) is 1.56. The molecule has 0 fully saturated rings. The van der Waals surface area contributed by atoms with Crippen LogP contribution in [0.15, 0.2) is 18.3 Å². The van der Waals surface area contributed by atoms with Gasteiger partial charge in [-0.2, -0.15) is 0 Å². The van der Waals surface area contributed by atoms with Gasteiger partial charge in [-0.05, 0) is 6.07 Å². The second-order valence-electron chi connectivity index (χ2n) is 1.23. The predicted molar refractivity (Wildman–Crippen MR) is 25.3 cm³/mol. The topological polar surface area (TPSA) is 65.1 Å². The Bertz CT molecular complexity index is 227. The van der Waals surface area contributed by atoms with Gasteiger partial charge in [-0.15, -0.1) is 5.10 Å². The van der Waals surface area contributed by atoms with Crippen LogP contribution in [-0.4, -0.2) is 15.0 Å². The second kappa shape index (κ2) is 2.04.